The first-order valence-electron chi connectivity index (χ1n) is 5.85. The van der Waals surface area contributed by atoms with Crippen LogP contribution in [-0.4, -0.2) is 16.2 Å². The van der Waals surface area contributed by atoms with Crippen LogP contribution < -0.4 is 10.5 Å². The maximum Gasteiger partial charge on any atom is 0.387 e. The average molecular weight is 277 g/mol. The Labute approximate surface area is 115 Å². The first-order chi connectivity index (χ1) is 9.54. The van der Waals surface area contributed by atoms with Gasteiger partial charge in [0, 0.05) is 5.56 Å². The summed E-state index contributed by atoms with van der Waals surface area (Å²) in [6.07, 6.45) is 5.26. The van der Waals surface area contributed by atoms with E-state index in [4.69, 9.17) is 12.2 Å². The predicted octanol–water partition coefficient (Wildman–Crippen LogP) is 2.68. The predicted molar refractivity (Wildman–Crippen MR) is 72.3 cm³/mol. The number of alkyl halides is 2. The summed E-state index contributed by atoms with van der Waals surface area (Å²) in [5.74, 6) is 3.43. The van der Waals surface area contributed by atoms with Crippen molar-refractivity contribution in [3.8, 4) is 29.4 Å². The van der Waals surface area contributed by atoms with E-state index in [1.807, 2.05) is 0 Å². The molecule has 1 heterocycles. The number of halogens is 2. The monoisotopic (exact) mass is 277 g/mol. The molecule has 2 N–H and O–H groups in total. The van der Waals surface area contributed by atoms with Crippen LogP contribution in [0.3, 0.4) is 0 Å². The molecule has 0 bridgehead atoms. The van der Waals surface area contributed by atoms with E-state index in [0.29, 0.717) is 22.9 Å². The third-order valence-electron chi connectivity index (χ3n) is 2.81. The topological polar surface area (TPSA) is 53.1 Å². The van der Waals surface area contributed by atoms with Crippen molar-refractivity contribution < 1.29 is 13.5 Å². The number of ether oxygens (including phenoxy) is 1. The Balaban J connectivity index is 2.52. The van der Waals surface area contributed by atoms with Gasteiger partial charge in [-0.05, 0) is 19.1 Å². The van der Waals surface area contributed by atoms with Crippen molar-refractivity contribution in [1.29, 1.82) is 0 Å². The van der Waals surface area contributed by atoms with Gasteiger partial charge in [-0.25, -0.2) is 4.98 Å². The number of nitrogens with two attached hydrogens (primary N) is 1. The summed E-state index contributed by atoms with van der Waals surface area (Å²) in [6.45, 7) is -0.901. The van der Waals surface area contributed by atoms with Gasteiger partial charge in [-0.15, -0.1) is 6.42 Å². The minimum Gasteiger partial charge on any atom is -0.434 e. The van der Waals surface area contributed by atoms with Crippen LogP contribution in [0, 0.1) is 19.3 Å². The van der Waals surface area contributed by atoms with Gasteiger partial charge in [0.2, 0.25) is 0 Å². The molecular weight excluding hydrogens is 264 g/mol. The van der Waals surface area contributed by atoms with E-state index in [-0.39, 0.29) is 12.3 Å². The second kappa shape index (κ2) is 5.61. The maximum absolute atomic E-state index is 12.4. The van der Waals surface area contributed by atoms with Crippen molar-refractivity contribution in [3.63, 3.8) is 0 Å². The summed E-state index contributed by atoms with van der Waals surface area (Å²) >= 11 is 0. The van der Waals surface area contributed by atoms with Crippen LogP contribution in [-0.2, 0) is 6.54 Å². The van der Waals surface area contributed by atoms with Crippen molar-refractivity contribution in [2.45, 2.75) is 20.1 Å². The zero-order chi connectivity index (χ0) is 14.7. The zero-order valence-corrected chi connectivity index (χ0v) is 10.8. The molecule has 0 aliphatic heterocycles. The quantitative estimate of drug-likeness (QED) is 0.874. The van der Waals surface area contributed by atoms with E-state index in [0.717, 1.165) is 0 Å². The highest BCUT2D eigenvalue weighted by atomic mass is 19.3. The Hall–Kier alpha value is -2.55. The molecule has 104 valence electrons. The molecule has 6 heteroatoms. The van der Waals surface area contributed by atoms with Crippen molar-refractivity contribution in [2.24, 2.45) is 0 Å². The minimum absolute atomic E-state index is 0.0274. The molecule has 0 fully saturated rings. The Bertz CT molecular complexity index is 659. The third kappa shape index (κ3) is 2.57. The standard InChI is InChI=1S/C14H13F2N3O/c1-3-8-19-9(2)18-12(13(19)17)10-6-4-5-7-11(10)20-14(15)16/h1,4-7,14H,8,17H2,2H3. The van der Waals surface area contributed by atoms with Crippen LogP contribution in [0.2, 0.25) is 0 Å². The smallest absolute Gasteiger partial charge is 0.387 e. The number of hydrogen-bond acceptors (Lipinski definition) is 3. The molecule has 0 aliphatic rings. The lowest BCUT2D eigenvalue weighted by atomic mass is 10.1. The summed E-state index contributed by atoms with van der Waals surface area (Å²) in [4.78, 5) is 4.28. The van der Waals surface area contributed by atoms with Crippen LogP contribution in [0.15, 0.2) is 24.3 Å². The highest BCUT2D eigenvalue weighted by Gasteiger charge is 2.18. The molecule has 0 spiro atoms. The lowest BCUT2D eigenvalue weighted by molar-refractivity contribution is -0.0494. The van der Waals surface area contributed by atoms with Gasteiger partial charge < -0.3 is 15.0 Å². The van der Waals surface area contributed by atoms with Gasteiger partial charge in [-0.2, -0.15) is 8.78 Å². The number of terminal acetylenes is 1. The van der Waals surface area contributed by atoms with Gasteiger partial charge >= 0.3 is 6.61 Å². The number of nitrogens with zero attached hydrogens (tertiary/aromatic N) is 2. The Morgan fingerprint density at radius 1 is 1.45 bits per heavy atom. The fraction of sp³-hybridized carbons (Fsp3) is 0.214. The molecule has 0 radical (unpaired) electrons. The lowest BCUT2D eigenvalue weighted by Crippen LogP contribution is -2.05. The van der Waals surface area contributed by atoms with Gasteiger partial charge in [0.05, 0.1) is 6.54 Å². The number of aromatic nitrogens is 2. The first-order valence-corrected chi connectivity index (χ1v) is 5.85. The fourth-order valence-electron chi connectivity index (χ4n) is 1.93. The second-order valence-corrected chi connectivity index (χ2v) is 4.06. The van der Waals surface area contributed by atoms with Crippen LogP contribution in [0.5, 0.6) is 5.75 Å². The van der Waals surface area contributed by atoms with Crippen molar-refractivity contribution in [3.05, 3.63) is 30.1 Å². The summed E-state index contributed by atoms with van der Waals surface area (Å²) in [5, 5.41) is 0. The van der Waals surface area contributed by atoms with E-state index < -0.39 is 6.61 Å². The highest BCUT2D eigenvalue weighted by Crippen LogP contribution is 2.34. The minimum atomic E-state index is -2.91. The summed E-state index contributed by atoms with van der Waals surface area (Å²) in [7, 11) is 0. The molecule has 2 rings (SSSR count). The SMILES string of the molecule is C#CCn1c(C)nc(-c2ccccc2OC(F)F)c1N. The van der Waals surface area contributed by atoms with Crippen molar-refractivity contribution in [1.82, 2.24) is 9.55 Å². The molecule has 0 aliphatic carbocycles. The van der Waals surface area contributed by atoms with Gasteiger partial charge in [0.1, 0.15) is 23.1 Å². The second-order valence-electron chi connectivity index (χ2n) is 4.06. The highest BCUT2D eigenvalue weighted by molar-refractivity contribution is 5.76. The van der Waals surface area contributed by atoms with E-state index in [2.05, 4.69) is 15.6 Å². The van der Waals surface area contributed by atoms with Gasteiger partial charge in [-0.1, -0.05) is 18.1 Å². The molecule has 4 nitrogen and oxygen atoms in total. The van der Waals surface area contributed by atoms with Gasteiger partial charge in [0.15, 0.2) is 0 Å². The largest absolute Gasteiger partial charge is 0.434 e. The third-order valence-corrected chi connectivity index (χ3v) is 2.81. The number of anilines is 1. The Morgan fingerprint density at radius 3 is 2.80 bits per heavy atom. The van der Waals surface area contributed by atoms with Crippen molar-refractivity contribution >= 4 is 5.82 Å². The normalized spacial score (nSPS) is 10.6. The molecule has 1 aromatic carbocycles. The molecule has 1 aromatic heterocycles. The van der Waals surface area contributed by atoms with E-state index in [1.165, 1.54) is 6.07 Å². The number of benzene rings is 1. The number of hydrogen-bond donors (Lipinski definition) is 1. The number of rotatable bonds is 4. The molecule has 0 unspecified atom stereocenters. The zero-order valence-electron chi connectivity index (χ0n) is 10.8. The van der Waals surface area contributed by atoms with E-state index >= 15 is 0 Å². The molecule has 2 aromatic rings. The summed E-state index contributed by atoms with van der Waals surface area (Å²) in [6, 6.07) is 6.36. The molecule has 0 saturated heterocycles. The Morgan fingerprint density at radius 2 is 2.15 bits per heavy atom. The average Bonchev–Trinajstić information content (AvgIpc) is 2.67. The number of imidazole rings is 1. The fourth-order valence-corrected chi connectivity index (χ4v) is 1.93. The van der Waals surface area contributed by atoms with Crippen LogP contribution in [0.1, 0.15) is 5.82 Å². The molecule has 0 atom stereocenters. The molecular formula is C14H13F2N3O. The first kappa shape index (κ1) is 13.9. The molecule has 0 saturated carbocycles. The van der Waals surface area contributed by atoms with E-state index in [9.17, 15) is 8.78 Å². The van der Waals surface area contributed by atoms with Crippen LogP contribution >= 0.6 is 0 Å². The van der Waals surface area contributed by atoms with Crippen molar-refractivity contribution in [2.75, 3.05) is 5.73 Å². The number of para-hydroxylation sites is 1. The lowest BCUT2D eigenvalue weighted by Gasteiger charge is -2.09. The van der Waals surface area contributed by atoms with E-state index in [1.54, 1.807) is 29.7 Å². The van der Waals surface area contributed by atoms with Gasteiger partial charge in [0.25, 0.3) is 0 Å². The summed E-state index contributed by atoms with van der Waals surface area (Å²) < 4.78 is 31.0. The Kier molecular flexibility index (Phi) is 3.89. The van der Waals surface area contributed by atoms with Crippen LogP contribution in [0.25, 0.3) is 11.3 Å². The van der Waals surface area contributed by atoms with Crippen LogP contribution in [0.4, 0.5) is 14.6 Å². The molecule has 20 heavy (non-hydrogen) atoms. The van der Waals surface area contributed by atoms with Gasteiger partial charge in [-0.3, -0.25) is 0 Å². The maximum atomic E-state index is 12.4. The molecule has 0 amide bonds. The number of nitrogen functional groups attached to an aromatic ring is 1. The number of aryl methyl sites for hydroxylation is 1. The summed E-state index contributed by atoms with van der Waals surface area (Å²) in [5.41, 5.74) is 6.77.